The molecule has 2 N–H and O–H groups in total. The summed E-state index contributed by atoms with van der Waals surface area (Å²) in [5.74, 6) is -3.08. The predicted octanol–water partition coefficient (Wildman–Crippen LogP) is 2.69. The maximum Gasteiger partial charge on any atom is 0.309 e. The van der Waals surface area contributed by atoms with Gasteiger partial charge in [-0.2, -0.15) is 0 Å². The fourth-order valence-corrected chi connectivity index (χ4v) is 3.51. The second-order valence-electron chi connectivity index (χ2n) is 7.40. The van der Waals surface area contributed by atoms with Crippen molar-refractivity contribution < 1.29 is 29.2 Å². The van der Waals surface area contributed by atoms with Gasteiger partial charge < -0.3 is 24.4 Å². The number of ether oxygens (including phenoxy) is 3. The number of hydrogen-bond donors (Lipinski definition) is 2. The number of hydrogen-bond acceptors (Lipinski definition) is 5. The van der Waals surface area contributed by atoms with Gasteiger partial charge >= 0.3 is 5.97 Å². The molecule has 0 saturated carbocycles. The van der Waals surface area contributed by atoms with Gasteiger partial charge in [-0.15, -0.1) is 0 Å². The van der Waals surface area contributed by atoms with Crippen molar-refractivity contribution in [2.45, 2.75) is 51.8 Å². The van der Waals surface area contributed by atoms with E-state index >= 15 is 0 Å². The number of carboxylic acids is 1. The fraction of sp³-hybridized carbons (Fsp3) is 0.650. The Morgan fingerprint density at radius 1 is 1.35 bits per heavy atom. The van der Waals surface area contributed by atoms with Crippen LogP contribution in [0, 0.1) is 17.8 Å². The molecule has 0 aliphatic carbocycles. The molecule has 0 aromatic heterocycles. The van der Waals surface area contributed by atoms with Crippen molar-refractivity contribution in [3.05, 3.63) is 35.9 Å². The molecule has 1 aliphatic heterocycles. The average Bonchev–Trinajstić information content (AvgIpc) is 3.00. The molecule has 6 heteroatoms. The third kappa shape index (κ3) is 5.04. The van der Waals surface area contributed by atoms with Crippen LogP contribution in [0.5, 0.6) is 0 Å². The van der Waals surface area contributed by atoms with E-state index in [0.29, 0.717) is 13.2 Å². The maximum absolute atomic E-state index is 11.6. The zero-order valence-corrected chi connectivity index (χ0v) is 15.9. The molecular formula is C20H30O6. The molecule has 146 valence electrons. The largest absolute Gasteiger partial charge is 0.481 e. The second-order valence-corrected chi connectivity index (χ2v) is 7.40. The van der Waals surface area contributed by atoms with Gasteiger partial charge in [-0.05, 0) is 12.5 Å². The summed E-state index contributed by atoms with van der Waals surface area (Å²) < 4.78 is 16.9. The van der Waals surface area contributed by atoms with E-state index in [9.17, 15) is 15.0 Å². The van der Waals surface area contributed by atoms with E-state index in [1.54, 1.807) is 6.92 Å². The zero-order valence-electron chi connectivity index (χ0n) is 15.9. The standard InChI is InChI=1S/C20H30O6/c1-13(11-25-12-15-8-6-5-7-9-15)17(21)14(2)18-16(19(22)23)10-20(3,24-4)26-18/h5-9,13-14,16-18,21H,10-12H2,1-4H3,(H,22,23)/t13-,14+,16-,17+,18-,20?/m1/s1. The highest BCUT2D eigenvalue weighted by atomic mass is 16.7. The summed E-state index contributed by atoms with van der Waals surface area (Å²) in [5.41, 5.74) is 1.07. The quantitative estimate of drug-likeness (QED) is 0.699. The first kappa shape index (κ1) is 20.8. The molecule has 0 amide bonds. The van der Waals surface area contributed by atoms with Crippen molar-refractivity contribution in [3.8, 4) is 0 Å². The highest BCUT2D eigenvalue weighted by Crippen LogP contribution is 2.40. The van der Waals surface area contributed by atoms with Gasteiger partial charge in [-0.3, -0.25) is 4.79 Å². The van der Waals surface area contributed by atoms with Crippen LogP contribution < -0.4 is 0 Å². The molecule has 0 radical (unpaired) electrons. The molecule has 2 rings (SSSR count). The molecule has 1 heterocycles. The molecule has 0 spiro atoms. The highest BCUT2D eigenvalue weighted by molar-refractivity contribution is 5.71. The number of aliphatic carboxylic acids is 1. The predicted molar refractivity (Wildman–Crippen MR) is 96.5 cm³/mol. The van der Waals surface area contributed by atoms with Crippen molar-refractivity contribution in [2.24, 2.45) is 17.8 Å². The van der Waals surface area contributed by atoms with E-state index in [2.05, 4.69) is 0 Å². The molecule has 1 fully saturated rings. The van der Waals surface area contributed by atoms with E-state index in [4.69, 9.17) is 14.2 Å². The van der Waals surface area contributed by atoms with Crippen LogP contribution in [0.4, 0.5) is 0 Å². The Labute approximate surface area is 155 Å². The van der Waals surface area contributed by atoms with Crippen LogP contribution in [0.2, 0.25) is 0 Å². The molecule has 1 unspecified atom stereocenters. The summed E-state index contributed by atoms with van der Waals surface area (Å²) >= 11 is 0. The van der Waals surface area contributed by atoms with Crippen molar-refractivity contribution in [3.63, 3.8) is 0 Å². The number of carbonyl (C=O) groups is 1. The van der Waals surface area contributed by atoms with Crippen LogP contribution in [-0.4, -0.2) is 47.9 Å². The number of carboxylic acid groups (broad SMARTS) is 1. The van der Waals surface area contributed by atoms with E-state index in [1.165, 1.54) is 7.11 Å². The van der Waals surface area contributed by atoms with Crippen LogP contribution in [0.3, 0.4) is 0 Å². The Bertz CT molecular complexity index is 577. The lowest BCUT2D eigenvalue weighted by molar-refractivity contribution is -0.213. The molecule has 1 aromatic rings. The van der Waals surface area contributed by atoms with Gasteiger partial charge in [-0.1, -0.05) is 44.2 Å². The maximum atomic E-state index is 11.6. The normalized spacial score (nSPS) is 29.3. The molecule has 6 atom stereocenters. The van der Waals surface area contributed by atoms with Gasteiger partial charge in [0.25, 0.3) is 0 Å². The van der Waals surface area contributed by atoms with Gasteiger partial charge in [0.1, 0.15) is 0 Å². The number of aliphatic hydroxyl groups excluding tert-OH is 1. The molecule has 0 bridgehead atoms. The van der Waals surface area contributed by atoms with E-state index in [0.717, 1.165) is 5.56 Å². The third-order valence-corrected chi connectivity index (χ3v) is 5.25. The lowest BCUT2D eigenvalue weighted by Gasteiger charge is -2.31. The lowest BCUT2D eigenvalue weighted by Crippen LogP contribution is -2.41. The first-order chi connectivity index (χ1) is 12.3. The number of benzene rings is 1. The van der Waals surface area contributed by atoms with E-state index in [1.807, 2.05) is 44.2 Å². The zero-order chi connectivity index (χ0) is 19.3. The highest BCUT2D eigenvalue weighted by Gasteiger charge is 2.50. The Balaban J connectivity index is 1.92. The smallest absolute Gasteiger partial charge is 0.309 e. The van der Waals surface area contributed by atoms with Crippen molar-refractivity contribution in [1.29, 1.82) is 0 Å². The van der Waals surface area contributed by atoms with Gasteiger partial charge in [0.15, 0.2) is 5.79 Å². The van der Waals surface area contributed by atoms with Gasteiger partial charge in [0.2, 0.25) is 0 Å². The summed E-state index contributed by atoms with van der Waals surface area (Å²) in [7, 11) is 1.50. The molecule has 6 nitrogen and oxygen atoms in total. The lowest BCUT2D eigenvalue weighted by atomic mass is 9.83. The van der Waals surface area contributed by atoms with Gasteiger partial charge in [0, 0.05) is 25.4 Å². The number of aliphatic hydroxyl groups is 1. The number of rotatable bonds is 9. The Morgan fingerprint density at radius 2 is 2.00 bits per heavy atom. The Hall–Kier alpha value is -1.47. The SMILES string of the molecule is COC1(C)C[C@@H](C(=O)O)[C@@H]([C@@H](C)[C@@H](O)[C@H](C)COCc2ccccc2)O1. The number of methoxy groups -OCH3 is 1. The van der Waals surface area contributed by atoms with Crippen LogP contribution >= 0.6 is 0 Å². The summed E-state index contributed by atoms with van der Waals surface area (Å²) in [5, 5.41) is 20.2. The van der Waals surface area contributed by atoms with Crippen LogP contribution in [0.1, 0.15) is 32.8 Å². The topological polar surface area (TPSA) is 85.2 Å². The molecule has 1 saturated heterocycles. The first-order valence-corrected chi connectivity index (χ1v) is 9.03. The first-order valence-electron chi connectivity index (χ1n) is 9.03. The molecule has 1 aliphatic rings. The minimum absolute atomic E-state index is 0.152. The van der Waals surface area contributed by atoms with Gasteiger partial charge in [-0.25, -0.2) is 0 Å². The monoisotopic (exact) mass is 366 g/mol. The van der Waals surface area contributed by atoms with Gasteiger partial charge in [0.05, 0.1) is 31.3 Å². The molecule has 26 heavy (non-hydrogen) atoms. The van der Waals surface area contributed by atoms with E-state index < -0.39 is 29.9 Å². The summed E-state index contributed by atoms with van der Waals surface area (Å²) in [6, 6.07) is 9.83. The van der Waals surface area contributed by atoms with Crippen LogP contribution in [0.15, 0.2) is 30.3 Å². The van der Waals surface area contributed by atoms with Crippen LogP contribution in [0.25, 0.3) is 0 Å². The van der Waals surface area contributed by atoms with Crippen LogP contribution in [-0.2, 0) is 25.6 Å². The van der Waals surface area contributed by atoms with Crippen molar-refractivity contribution in [1.82, 2.24) is 0 Å². The third-order valence-electron chi connectivity index (χ3n) is 5.25. The van der Waals surface area contributed by atoms with Crippen molar-refractivity contribution >= 4 is 5.97 Å². The Kier molecular flexibility index (Phi) is 7.17. The second kappa shape index (κ2) is 8.95. The summed E-state index contributed by atoms with van der Waals surface area (Å²) in [4.78, 5) is 11.6. The minimum Gasteiger partial charge on any atom is -0.481 e. The fourth-order valence-electron chi connectivity index (χ4n) is 3.51. The van der Waals surface area contributed by atoms with Crippen molar-refractivity contribution in [2.75, 3.05) is 13.7 Å². The minimum atomic E-state index is -0.936. The molecule has 1 aromatic carbocycles. The summed E-state index contributed by atoms with van der Waals surface area (Å²) in [6.07, 6.45) is -1.08. The summed E-state index contributed by atoms with van der Waals surface area (Å²) in [6.45, 7) is 6.30. The Morgan fingerprint density at radius 3 is 2.58 bits per heavy atom. The van der Waals surface area contributed by atoms with E-state index in [-0.39, 0.29) is 18.3 Å². The average molecular weight is 366 g/mol. The molecular weight excluding hydrogens is 336 g/mol.